The first-order chi connectivity index (χ1) is 16.2. The van der Waals surface area contributed by atoms with Crippen LogP contribution >= 0.6 is 0 Å². The minimum Gasteiger partial charge on any atom is -0.490 e. The van der Waals surface area contributed by atoms with Crippen LogP contribution < -0.4 is 4.74 Å². The van der Waals surface area contributed by atoms with Crippen LogP contribution in [0, 0.1) is 0 Å². The highest BCUT2D eigenvalue weighted by Gasteiger charge is 2.36. The molecule has 1 saturated heterocycles. The number of ketones is 1. The van der Waals surface area contributed by atoms with Crippen molar-refractivity contribution in [3.63, 3.8) is 0 Å². The van der Waals surface area contributed by atoms with E-state index in [4.69, 9.17) is 9.47 Å². The third-order valence-corrected chi connectivity index (χ3v) is 6.77. The maximum Gasteiger partial charge on any atom is 0.410 e. The molecule has 2 fully saturated rings. The number of hydrogen-bond acceptors (Lipinski definition) is 4. The predicted molar refractivity (Wildman–Crippen MR) is 126 cm³/mol. The summed E-state index contributed by atoms with van der Waals surface area (Å²) in [6, 6.07) is 15.0. The van der Waals surface area contributed by atoms with E-state index in [-0.39, 0.29) is 18.5 Å². The van der Waals surface area contributed by atoms with Gasteiger partial charge in [-0.15, -0.1) is 0 Å². The molecule has 0 unspecified atom stereocenters. The molecule has 1 saturated carbocycles. The van der Waals surface area contributed by atoms with Gasteiger partial charge in [0.25, 0.3) is 0 Å². The van der Waals surface area contributed by atoms with Gasteiger partial charge in [0.1, 0.15) is 12.4 Å². The number of aromatic nitrogens is 1. The van der Waals surface area contributed by atoms with Gasteiger partial charge < -0.3 is 14.5 Å². The normalized spacial score (nSPS) is 19.0. The van der Waals surface area contributed by atoms with Gasteiger partial charge in [0.15, 0.2) is 5.78 Å². The number of benzene rings is 2. The van der Waals surface area contributed by atoms with E-state index in [1.165, 1.54) is 19.3 Å². The lowest BCUT2D eigenvalue weighted by Gasteiger charge is -2.23. The zero-order valence-electron chi connectivity index (χ0n) is 18.8. The summed E-state index contributed by atoms with van der Waals surface area (Å²) in [5.74, 6) is 0.749. The number of hydrogen-bond donors (Lipinski definition) is 1. The molecule has 5 rings (SSSR count). The van der Waals surface area contributed by atoms with Gasteiger partial charge >= 0.3 is 6.09 Å². The zero-order valence-corrected chi connectivity index (χ0v) is 18.8. The smallest absolute Gasteiger partial charge is 0.410 e. The quantitative estimate of drug-likeness (QED) is 0.481. The fourth-order valence-corrected chi connectivity index (χ4v) is 4.99. The Labute approximate surface area is 193 Å². The molecule has 1 aliphatic heterocycles. The Morgan fingerprint density at radius 2 is 1.79 bits per heavy atom. The molecule has 172 valence electrons. The average molecular weight is 447 g/mol. The van der Waals surface area contributed by atoms with Gasteiger partial charge in [-0.3, -0.25) is 9.69 Å². The molecule has 6 heteroatoms. The molecule has 1 amide bonds. The molecule has 0 bridgehead atoms. The Balaban J connectivity index is 1.30. The third kappa shape index (κ3) is 4.75. The Morgan fingerprint density at radius 3 is 2.61 bits per heavy atom. The SMILES string of the molecule is O=C(c1c[nH]c2ccc(OC3CCCCC3)cc12)[C@H]1CCCN1C(=O)OCc1ccccc1. The monoisotopic (exact) mass is 446 g/mol. The van der Waals surface area contributed by atoms with Crippen LogP contribution in [0.15, 0.2) is 54.7 Å². The third-order valence-electron chi connectivity index (χ3n) is 6.77. The number of carbonyl (C=O) groups is 2. The van der Waals surface area contributed by atoms with Crippen molar-refractivity contribution in [3.8, 4) is 5.75 Å². The second-order valence-corrected chi connectivity index (χ2v) is 9.04. The fraction of sp³-hybridized carbons (Fsp3) is 0.407. The molecular weight excluding hydrogens is 416 g/mol. The lowest BCUT2D eigenvalue weighted by molar-refractivity contribution is 0.0739. The summed E-state index contributed by atoms with van der Waals surface area (Å²) in [5, 5.41) is 0.845. The maximum absolute atomic E-state index is 13.5. The van der Waals surface area contributed by atoms with Crippen molar-refractivity contribution in [1.29, 1.82) is 0 Å². The second-order valence-electron chi connectivity index (χ2n) is 9.04. The van der Waals surface area contributed by atoms with Gasteiger partial charge in [-0.2, -0.15) is 0 Å². The van der Waals surface area contributed by atoms with Crippen molar-refractivity contribution < 1.29 is 19.1 Å². The van der Waals surface area contributed by atoms with Crippen LogP contribution in [-0.2, 0) is 11.3 Å². The molecule has 3 aromatic rings. The van der Waals surface area contributed by atoms with Crippen LogP contribution in [0.1, 0.15) is 60.9 Å². The van der Waals surface area contributed by atoms with Crippen LogP contribution in [-0.4, -0.2) is 40.5 Å². The largest absolute Gasteiger partial charge is 0.490 e. The standard InChI is InChI=1S/C27H30N2O4/c30-26(25-12-7-15-29(25)27(31)32-18-19-8-3-1-4-9-19)23-17-28-24-14-13-21(16-22(23)24)33-20-10-5-2-6-11-20/h1,3-4,8-9,13-14,16-17,20,25,28H,2,5-7,10-12,15,18H2/t25-/m1/s1. The molecule has 2 heterocycles. The van der Waals surface area contributed by atoms with E-state index in [0.717, 1.165) is 41.5 Å². The number of Topliss-reactive ketones (excluding diaryl/α,β-unsaturated/α-hetero) is 1. The summed E-state index contributed by atoms with van der Waals surface area (Å²) in [5.41, 5.74) is 2.42. The highest BCUT2D eigenvalue weighted by Crippen LogP contribution is 2.30. The van der Waals surface area contributed by atoms with Crippen molar-refractivity contribution >= 4 is 22.8 Å². The van der Waals surface area contributed by atoms with E-state index in [9.17, 15) is 9.59 Å². The van der Waals surface area contributed by atoms with Crippen molar-refractivity contribution in [3.05, 3.63) is 65.9 Å². The molecule has 1 aliphatic carbocycles. The molecule has 1 atom stereocenters. The fourth-order valence-electron chi connectivity index (χ4n) is 4.99. The summed E-state index contributed by atoms with van der Waals surface area (Å²) in [7, 11) is 0. The summed E-state index contributed by atoms with van der Waals surface area (Å²) in [4.78, 5) is 31.0. The number of amides is 1. The van der Waals surface area contributed by atoms with Crippen molar-refractivity contribution in [2.24, 2.45) is 0 Å². The number of fused-ring (bicyclic) bond motifs is 1. The first-order valence-electron chi connectivity index (χ1n) is 12.0. The summed E-state index contributed by atoms with van der Waals surface area (Å²) >= 11 is 0. The topological polar surface area (TPSA) is 71.6 Å². The van der Waals surface area contributed by atoms with E-state index >= 15 is 0 Å². The van der Waals surface area contributed by atoms with Gasteiger partial charge in [-0.1, -0.05) is 36.8 Å². The Kier molecular flexibility index (Phi) is 6.33. The van der Waals surface area contributed by atoms with Crippen LogP contribution in [0.5, 0.6) is 5.75 Å². The van der Waals surface area contributed by atoms with Gasteiger partial charge in [-0.25, -0.2) is 4.79 Å². The predicted octanol–water partition coefficient (Wildman–Crippen LogP) is 5.86. The first kappa shape index (κ1) is 21.6. The van der Waals surface area contributed by atoms with Crippen molar-refractivity contribution in [2.75, 3.05) is 6.54 Å². The van der Waals surface area contributed by atoms with Crippen LogP contribution in [0.4, 0.5) is 4.79 Å². The molecule has 6 nitrogen and oxygen atoms in total. The molecule has 2 aromatic carbocycles. The zero-order chi connectivity index (χ0) is 22.6. The van der Waals surface area contributed by atoms with Gasteiger partial charge in [0, 0.05) is 29.2 Å². The molecule has 2 aliphatic rings. The minimum atomic E-state index is -0.504. The average Bonchev–Trinajstić information content (AvgIpc) is 3.51. The van der Waals surface area contributed by atoms with Crippen LogP contribution in [0.3, 0.4) is 0 Å². The number of aromatic amines is 1. The first-order valence-corrected chi connectivity index (χ1v) is 12.0. The van der Waals surface area contributed by atoms with Gasteiger partial charge in [-0.05, 0) is 62.3 Å². The Hall–Kier alpha value is -3.28. The summed E-state index contributed by atoms with van der Waals surface area (Å²) < 4.78 is 11.7. The lowest BCUT2D eigenvalue weighted by Crippen LogP contribution is -2.40. The van der Waals surface area contributed by atoms with E-state index in [2.05, 4.69) is 4.98 Å². The van der Waals surface area contributed by atoms with E-state index in [1.807, 2.05) is 48.5 Å². The number of nitrogens with one attached hydrogen (secondary N) is 1. The van der Waals surface area contributed by atoms with Crippen molar-refractivity contribution in [1.82, 2.24) is 9.88 Å². The van der Waals surface area contributed by atoms with Crippen LogP contribution in [0.25, 0.3) is 10.9 Å². The molecule has 0 radical (unpaired) electrons. The van der Waals surface area contributed by atoms with Gasteiger partial charge in [0.05, 0.1) is 12.1 Å². The van der Waals surface area contributed by atoms with E-state index in [0.29, 0.717) is 18.5 Å². The van der Waals surface area contributed by atoms with Gasteiger partial charge in [0.2, 0.25) is 0 Å². The second kappa shape index (κ2) is 9.69. The van der Waals surface area contributed by atoms with E-state index < -0.39 is 12.1 Å². The number of nitrogens with zero attached hydrogens (tertiary/aromatic N) is 1. The Bertz CT molecular complexity index is 1120. The Morgan fingerprint density at radius 1 is 0.970 bits per heavy atom. The lowest BCUT2D eigenvalue weighted by atomic mass is 9.97. The number of likely N-dealkylation sites (tertiary alicyclic amines) is 1. The number of carbonyl (C=O) groups excluding carboxylic acids is 2. The highest BCUT2D eigenvalue weighted by atomic mass is 16.6. The molecule has 1 aromatic heterocycles. The summed E-state index contributed by atoms with van der Waals surface area (Å²) in [6.07, 6.45) is 8.86. The van der Waals surface area contributed by atoms with E-state index in [1.54, 1.807) is 11.1 Å². The highest BCUT2D eigenvalue weighted by molar-refractivity contribution is 6.11. The summed E-state index contributed by atoms with van der Waals surface area (Å²) in [6.45, 7) is 0.731. The number of rotatable bonds is 6. The van der Waals surface area contributed by atoms with Crippen molar-refractivity contribution in [2.45, 2.75) is 63.7 Å². The molecule has 1 N–H and O–H groups in total. The molecule has 33 heavy (non-hydrogen) atoms. The minimum absolute atomic E-state index is 0.0507. The molecule has 0 spiro atoms. The molecular formula is C27H30N2O4. The maximum atomic E-state index is 13.5. The number of ether oxygens (including phenoxy) is 2. The van der Waals surface area contributed by atoms with Crippen LogP contribution in [0.2, 0.25) is 0 Å². The number of H-pyrrole nitrogens is 1.